The Balaban J connectivity index is 1.27. The zero-order chi connectivity index (χ0) is 20.4. The summed E-state index contributed by atoms with van der Waals surface area (Å²) < 4.78 is 28.7. The average Bonchev–Trinajstić information content (AvgIpc) is 3.13. The van der Waals surface area contributed by atoms with Gasteiger partial charge in [0.2, 0.25) is 0 Å². The monoisotopic (exact) mass is 480 g/mol. The summed E-state index contributed by atoms with van der Waals surface area (Å²) in [6.07, 6.45) is 0. The number of hydrogen-bond acceptors (Lipinski definition) is 5. The van der Waals surface area contributed by atoms with Crippen molar-refractivity contribution in [2.75, 3.05) is 44.2 Å². The lowest BCUT2D eigenvalue weighted by atomic mass is 10.2. The van der Waals surface area contributed by atoms with Gasteiger partial charge >= 0.3 is 0 Å². The Hall–Kier alpha value is -2.10. The largest absolute Gasteiger partial charge is 0.351 e. The molecule has 1 aliphatic heterocycles. The molecule has 1 N–H and O–H groups in total. The minimum atomic E-state index is -0.623. The van der Waals surface area contributed by atoms with E-state index in [9.17, 15) is 13.6 Å². The molecule has 2 heterocycles. The number of fused-ring (bicyclic) bond motifs is 1. The van der Waals surface area contributed by atoms with E-state index in [0.717, 1.165) is 43.3 Å². The second-order valence-electron chi connectivity index (χ2n) is 6.83. The number of rotatable bonds is 5. The minimum Gasteiger partial charge on any atom is -0.351 e. The van der Waals surface area contributed by atoms with E-state index < -0.39 is 11.6 Å². The van der Waals surface area contributed by atoms with Crippen LogP contribution in [0.3, 0.4) is 0 Å². The van der Waals surface area contributed by atoms with Crippen molar-refractivity contribution in [1.82, 2.24) is 15.2 Å². The van der Waals surface area contributed by atoms with Crippen LogP contribution in [0, 0.1) is 11.6 Å². The third-order valence-electron chi connectivity index (χ3n) is 4.85. The van der Waals surface area contributed by atoms with E-state index >= 15 is 0 Å². The van der Waals surface area contributed by atoms with Crippen LogP contribution >= 0.6 is 27.3 Å². The van der Waals surface area contributed by atoms with E-state index in [1.807, 2.05) is 12.1 Å². The average molecular weight is 481 g/mol. The van der Waals surface area contributed by atoms with Crippen LogP contribution in [0.2, 0.25) is 0 Å². The Morgan fingerprint density at radius 3 is 2.72 bits per heavy atom. The molecule has 0 spiro atoms. The molecule has 1 aliphatic rings. The van der Waals surface area contributed by atoms with E-state index in [4.69, 9.17) is 0 Å². The first-order valence-corrected chi connectivity index (χ1v) is 10.9. The maximum absolute atomic E-state index is 13.9. The molecule has 0 atom stereocenters. The zero-order valence-corrected chi connectivity index (χ0v) is 17.9. The van der Waals surface area contributed by atoms with Crippen molar-refractivity contribution in [1.29, 1.82) is 0 Å². The van der Waals surface area contributed by atoms with Crippen molar-refractivity contribution in [3.63, 3.8) is 0 Å². The van der Waals surface area contributed by atoms with Gasteiger partial charge in [-0.25, -0.2) is 13.8 Å². The lowest BCUT2D eigenvalue weighted by molar-refractivity contribution is 0.0947. The molecule has 0 bridgehead atoms. The number of hydrogen-bond donors (Lipinski definition) is 1. The van der Waals surface area contributed by atoms with Gasteiger partial charge in [-0.1, -0.05) is 33.3 Å². The highest BCUT2D eigenvalue weighted by atomic mass is 79.9. The maximum Gasteiger partial charge on any atom is 0.251 e. The van der Waals surface area contributed by atoms with Crippen LogP contribution < -0.4 is 10.2 Å². The van der Waals surface area contributed by atoms with Crippen LogP contribution in [0.15, 0.2) is 40.9 Å². The van der Waals surface area contributed by atoms with E-state index in [-0.39, 0.29) is 11.4 Å². The SMILES string of the molecule is O=C(NCCN1CCN(c2nc3c(F)cc(F)cc3s2)CC1)c1cccc(Br)c1. The van der Waals surface area contributed by atoms with E-state index in [1.165, 1.54) is 17.4 Å². The number of carbonyl (C=O) groups excluding carboxylic acids is 1. The topological polar surface area (TPSA) is 48.5 Å². The summed E-state index contributed by atoms with van der Waals surface area (Å²) in [4.78, 5) is 20.9. The predicted octanol–water partition coefficient (Wildman–Crippen LogP) is 3.89. The molecule has 5 nitrogen and oxygen atoms in total. The summed E-state index contributed by atoms with van der Waals surface area (Å²) in [5.41, 5.74) is 0.854. The molecular weight excluding hydrogens is 462 g/mol. The zero-order valence-electron chi connectivity index (χ0n) is 15.5. The van der Waals surface area contributed by atoms with Crippen LogP contribution in [-0.4, -0.2) is 55.1 Å². The molecule has 1 amide bonds. The molecule has 9 heteroatoms. The van der Waals surface area contributed by atoms with Crippen LogP contribution in [0.5, 0.6) is 0 Å². The second-order valence-corrected chi connectivity index (χ2v) is 8.75. The summed E-state index contributed by atoms with van der Waals surface area (Å²) in [6.45, 7) is 4.47. The number of piperazine rings is 1. The van der Waals surface area contributed by atoms with Gasteiger partial charge in [0.05, 0.1) is 4.70 Å². The van der Waals surface area contributed by atoms with E-state index in [2.05, 4.69) is 36.0 Å². The molecule has 0 saturated carbocycles. The first-order valence-electron chi connectivity index (χ1n) is 9.26. The fourth-order valence-electron chi connectivity index (χ4n) is 3.30. The minimum absolute atomic E-state index is 0.0892. The van der Waals surface area contributed by atoms with Crippen molar-refractivity contribution in [3.05, 3.63) is 58.1 Å². The highest BCUT2D eigenvalue weighted by Crippen LogP contribution is 2.31. The summed E-state index contributed by atoms with van der Waals surface area (Å²) in [5.74, 6) is -1.30. The molecule has 4 rings (SSSR count). The van der Waals surface area contributed by atoms with Crippen LogP contribution in [0.4, 0.5) is 13.9 Å². The van der Waals surface area contributed by atoms with Crippen molar-refractivity contribution < 1.29 is 13.6 Å². The Bertz CT molecular complexity index is 1040. The van der Waals surface area contributed by atoms with Gasteiger partial charge in [0, 0.05) is 55.4 Å². The van der Waals surface area contributed by atoms with Crippen LogP contribution in [0.1, 0.15) is 10.4 Å². The summed E-state index contributed by atoms with van der Waals surface area (Å²) in [5, 5.41) is 3.66. The van der Waals surface area contributed by atoms with Gasteiger partial charge in [0.15, 0.2) is 10.9 Å². The fraction of sp³-hybridized carbons (Fsp3) is 0.300. The molecule has 152 valence electrons. The normalized spacial score (nSPS) is 15.1. The second kappa shape index (κ2) is 8.73. The number of amides is 1. The molecule has 0 unspecified atom stereocenters. The van der Waals surface area contributed by atoms with Crippen LogP contribution in [0.25, 0.3) is 10.2 Å². The van der Waals surface area contributed by atoms with Crippen molar-refractivity contribution in [2.45, 2.75) is 0 Å². The van der Waals surface area contributed by atoms with Gasteiger partial charge in [0.25, 0.3) is 5.91 Å². The number of aromatic nitrogens is 1. The van der Waals surface area contributed by atoms with Crippen LogP contribution in [-0.2, 0) is 0 Å². The summed E-state index contributed by atoms with van der Waals surface area (Å²) in [7, 11) is 0. The van der Waals surface area contributed by atoms with Gasteiger partial charge in [-0.05, 0) is 24.3 Å². The number of nitrogens with zero attached hydrogens (tertiary/aromatic N) is 3. The molecular formula is C20H19BrF2N4OS. The third kappa shape index (κ3) is 4.73. The fourth-order valence-corrected chi connectivity index (χ4v) is 4.76. The molecule has 1 aromatic heterocycles. The number of carbonyl (C=O) groups is 1. The van der Waals surface area contributed by atoms with Crippen molar-refractivity contribution >= 4 is 48.5 Å². The third-order valence-corrected chi connectivity index (χ3v) is 6.40. The Kier molecular flexibility index (Phi) is 6.07. The lowest BCUT2D eigenvalue weighted by Gasteiger charge is -2.34. The number of nitrogens with one attached hydrogen (secondary N) is 1. The number of halogens is 3. The molecule has 0 aliphatic carbocycles. The molecule has 1 fully saturated rings. The van der Waals surface area contributed by atoms with Crippen molar-refractivity contribution in [3.8, 4) is 0 Å². The van der Waals surface area contributed by atoms with Gasteiger partial charge in [-0.2, -0.15) is 0 Å². The quantitative estimate of drug-likeness (QED) is 0.601. The predicted molar refractivity (Wildman–Crippen MR) is 115 cm³/mol. The number of anilines is 1. The maximum atomic E-state index is 13.9. The standard InChI is InChI=1S/C20H19BrF2N4OS/c21-14-3-1-2-13(10-14)19(28)24-4-5-26-6-8-27(9-7-26)20-25-18-16(23)11-15(22)12-17(18)29-20/h1-3,10-12H,4-9H2,(H,24,28). The van der Waals surface area contributed by atoms with Gasteiger partial charge in [-0.3, -0.25) is 9.69 Å². The molecule has 1 saturated heterocycles. The summed E-state index contributed by atoms with van der Waals surface area (Å²) >= 11 is 4.68. The number of thiazole rings is 1. The highest BCUT2D eigenvalue weighted by molar-refractivity contribution is 9.10. The number of benzene rings is 2. The smallest absolute Gasteiger partial charge is 0.251 e. The van der Waals surface area contributed by atoms with Gasteiger partial charge in [0.1, 0.15) is 11.3 Å². The molecule has 0 radical (unpaired) electrons. The van der Waals surface area contributed by atoms with E-state index in [0.29, 0.717) is 21.9 Å². The first-order chi connectivity index (χ1) is 14.0. The summed E-state index contributed by atoms with van der Waals surface area (Å²) in [6, 6.07) is 9.48. The Morgan fingerprint density at radius 1 is 1.17 bits per heavy atom. The first kappa shape index (κ1) is 20.2. The Labute approximate surface area is 179 Å². The van der Waals surface area contributed by atoms with E-state index in [1.54, 1.807) is 12.1 Å². The van der Waals surface area contributed by atoms with Crippen molar-refractivity contribution in [2.24, 2.45) is 0 Å². The molecule has 3 aromatic rings. The van der Waals surface area contributed by atoms with Gasteiger partial charge < -0.3 is 10.2 Å². The van der Waals surface area contributed by atoms with Gasteiger partial charge in [-0.15, -0.1) is 0 Å². The molecule has 2 aromatic carbocycles. The highest BCUT2D eigenvalue weighted by Gasteiger charge is 2.21. The lowest BCUT2D eigenvalue weighted by Crippen LogP contribution is -2.48. The molecule has 29 heavy (non-hydrogen) atoms. The Morgan fingerprint density at radius 2 is 1.97 bits per heavy atom.